The van der Waals surface area contributed by atoms with E-state index in [-0.39, 0.29) is 17.7 Å². The smallest absolute Gasteiger partial charge is 0.254 e. The summed E-state index contributed by atoms with van der Waals surface area (Å²) in [5, 5.41) is 20.3. The number of hydrogen-bond acceptors (Lipinski definition) is 4. The molecule has 0 spiro atoms. The Labute approximate surface area is 157 Å². The lowest BCUT2D eigenvalue weighted by Crippen LogP contribution is -2.40. The molecule has 0 saturated heterocycles. The van der Waals surface area contributed by atoms with Crippen LogP contribution < -0.4 is 10.6 Å². The Morgan fingerprint density at radius 2 is 1.93 bits per heavy atom. The summed E-state index contributed by atoms with van der Waals surface area (Å²) in [5.74, 6) is -0.530. The normalized spacial score (nSPS) is 24.6. The van der Waals surface area contributed by atoms with Crippen LogP contribution in [-0.4, -0.2) is 44.9 Å². The molecule has 2 aliphatic rings. The third-order valence-corrected chi connectivity index (χ3v) is 5.22. The maximum absolute atomic E-state index is 12.5. The summed E-state index contributed by atoms with van der Waals surface area (Å²) in [7, 11) is 0. The van der Waals surface area contributed by atoms with Gasteiger partial charge in [0.05, 0.1) is 30.5 Å². The van der Waals surface area contributed by atoms with E-state index in [0.717, 1.165) is 18.4 Å². The Balaban J connectivity index is 1.33. The molecule has 1 aromatic carbocycles. The summed E-state index contributed by atoms with van der Waals surface area (Å²) < 4.78 is 1.71. The van der Waals surface area contributed by atoms with Gasteiger partial charge in [0.1, 0.15) is 0 Å². The minimum absolute atomic E-state index is 0.0102. The van der Waals surface area contributed by atoms with E-state index in [1.807, 2.05) is 30.3 Å². The highest BCUT2D eigenvalue weighted by atomic mass is 16.3. The Bertz CT molecular complexity index is 816. The Morgan fingerprint density at radius 1 is 1.15 bits per heavy atom. The van der Waals surface area contributed by atoms with E-state index in [2.05, 4.69) is 15.7 Å². The molecule has 0 bridgehead atoms. The molecule has 3 N–H and O–H groups in total. The molecule has 0 aliphatic heterocycles. The summed E-state index contributed by atoms with van der Waals surface area (Å²) in [6.07, 6.45) is 5.43. The van der Waals surface area contributed by atoms with Gasteiger partial charge < -0.3 is 15.7 Å². The highest BCUT2D eigenvalue weighted by Gasteiger charge is 2.39. The predicted octanol–water partition coefficient (Wildman–Crippen LogP) is 1.08. The van der Waals surface area contributed by atoms with Crippen LogP contribution in [0.1, 0.15) is 41.6 Å². The van der Waals surface area contributed by atoms with Crippen LogP contribution in [0.2, 0.25) is 0 Å². The largest absolute Gasteiger partial charge is 0.391 e. The Hall–Kier alpha value is -2.67. The van der Waals surface area contributed by atoms with Gasteiger partial charge in [-0.15, -0.1) is 0 Å². The van der Waals surface area contributed by atoms with Crippen LogP contribution in [0.5, 0.6) is 0 Å². The van der Waals surface area contributed by atoms with E-state index in [4.69, 9.17) is 0 Å². The summed E-state index contributed by atoms with van der Waals surface area (Å²) >= 11 is 0. The zero-order chi connectivity index (χ0) is 18.8. The number of carbonyl (C=O) groups excluding carboxylic acids is 2. The first kappa shape index (κ1) is 17.7. The molecule has 0 radical (unpaired) electrons. The van der Waals surface area contributed by atoms with Gasteiger partial charge in [-0.05, 0) is 31.2 Å². The molecule has 0 unspecified atom stereocenters. The van der Waals surface area contributed by atoms with E-state index in [0.29, 0.717) is 31.0 Å². The fourth-order valence-corrected chi connectivity index (χ4v) is 3.52. The molecular formula is C20H24N4O3. The molecule has 7 nitrogen and oxygen atoms in total. The highest BCUT2D eigenvalue weighted by molar-refractivity contribution is 5.94. The molecule has 2 amide bonds. The summed E-state index contributed by atoms with van der Waals surface area (Å²) in [6.45, 7) is 0.587. The molecule has 1 aromatic heterocycles. The molecule has 2 saturated carbocycles. The lowest BCUT2D eigenvalue weighted by atomic mass is 10.1. The van der Waals surface area contributed by atoms with Crippen molar-refractivity contribution in [3.8, 4) is 0 Å². The van der Waals surface area contributed by atoms with Crippen molar-refractivity contribution in [1.82, 2.24) is 20.4 Å². The number of aromatic nitrogens is 2. The quantitative estimate of drug-likeness (QED) is 0.711. The number of benzene rings is 1. The van der Waals surface area contributed by atoms with Crippen LogP contribution in [0.3, 0.4) is 0 Å². The van der Waals surface area contributed by atoms with Gasteiger partial charge in [0, 0.05) is 18.2 Å². The Kier molecular flexibility index (Phi) is 4.94. The van der Waals surface area contributed by atoms with Gasteiger partial charge in [-0.25, -0.2) is 0 Å². The highest BCUT2D eigenvalue weighted by Crippen LogP contribution is 2.28. The van der Waals surface area contributed by atoms with Crippen molar-refractivity contribution >= 4 is 11.8 Å². The SMILES string of the molecule is O=C(N[C@H]1C[C@H](C(=O)NC2CC2)C[C@@H]1O)c1cnn(Cc2ccccc2)c1. The van der Waals surface area contributed by atoms with Gasteiger partial charge in [-0.1, -0.05) is 30.3 Å². The van der Waals surface area contributed by atoms with Gasteiger partial charge in [0.25, 0.3) is 5.91 Å². The minimum Gasteiger partial charge on any atom is -0.391 e. The molecular weight excluding hydrogens is 344 g/mol. The monoisotopic (exact) mass is 368 g/mol. The first-order valence-corrected chi connectivity index (χ1v) is 9.44. The van der Waals surface area contributed by atoms with Crippen molar-refractivity contribution < 1.29 is 14.7 Å². The van der Waals surface area contributed by atoms with Crippen molar-refractivity contribution in [3.63, 3.8) is 0 Å². The van der Waals surface area contributed by atoms with Crippen molar-refractivity contribution in [1.29, 1.82) is 0 Å². The zero-order valence-electron chi connectivity index (χ0n) is 15.0. The number of aliphatic hydroxyl groups is 1. The molecule has 7 heteroatoms. The third-order valence-electron chi connectivity index (χ3n) is 5.22. The second-order valence-electron chi connectivity index (χ2n) is 7.51. The van der Waals surface area contributed by atoms with Gasteiger partial charge in [-0.3, -0.25) is 14.3 Å². The van der Waals surface area contributed by atoms with Gasteiger partial charge >= 0.3 is 0 Å². The molecule has 2 aliphatic carbocycles. The molecule has 2 aromatic rings. The standard InChI is InChI=1S/C20H24N4O3/c25-18-9-14(19(26)22-16-6-7-16)8-17(18)23-20(27)15-10-21-24(12-15)11-13-4-2-1-3-5-13/h1-5,10,12,14,16-18,25H,6-9,11H2,(H,22,26)(H,23,27)/t14-,17-,18-/m0/s1. The number of rotatable bonds is 6. The maximum atomic E-state index is 12.5. The molecule has 1 heterocycles. The maximum Gasteiger partial charge on any atom is 0.254 e. The second-order valence-corrected chi connectivity index (χ2v) is 7.51. The molecule has 2 fully saturated rings. The van der Waals surface area contributed by atoms with E-state index >= 15 is 0 Å². The van der Waals surface area contributed by atoms with Crippen LogP contribution in [0.4, 0.5) is 0 Å². The number of nitrogens with zero attached hydrogens (tertiary/aromatic N) is 2. The fraction of sp³-hybridized carbons (Fsp3) is 0.450. The lowest BCUT2D eigenvalue weighted by molar-refractivity contribution is -0.125. The third kappa shape index (κ3) is 4.36. The van der Waals surface area contributed by atoms with E-state index < -0.39 is 12.1 Å². The van der Waals surface area contributed by atoms with Crippen LogP contribution in [0, 0.1) is 5.92 Å². The van der Waals surface area contributed by atoms with Crippen LogP contribution in [-0.2, 0) is 11.3 Å². The van der Waals surface area contributed by atoms with E-state index in [1.165, 1.54) is 6.20 Å². The second kappa shape index (κ2) is 7.52. The van der Waals surface area contributed by atoms with Crippen LogP contribution in [0.15, 0.2) is 42.7 Å². The summed E-state index contributed by atoms with van der Waals surface area (Å²) in [5.41, 5.74) is 1.55. The minimum atomic E-state index is -0.705. The summed E-state index contributed by atoms with van der Waals surface area (Å²) in [6, 6.07) is 9.78. The molecule has 3 atom stereocenters. The first-order chi connectivity index (χ1) is 13.1. The van der Waals surface area contributed by atoms with E-state index in [9.17, 15) is 14.7 Å². The molecule has 4 rings (SSSR count). The number of amides is 2. The van der Waals surface area contributed by atoms with Crippen molar-refractivity contribution in [2.24, 2.45) is 5.92 Å². The molecule has 27 heavy (non-hydrogen) atoms. The number of hydrogen-bond donors (Lipinski definition) is 3. The van der Waals surface area contributed by atoms with E-state index in [1.54, 1.807) is 10.9 Å². The number of nitrogens with one attached hydrogen (secondary N) is 2. The van der Waals surface area contributed by atoms with Crippen LogP contribution >= 0.6 is 0 Å². The van der Waals surface area contributed by atoms with Crippen molar-refractivity contribution in [2.45, 2.75) is 50.4 Å². The topological polar surface area (TPSA) is 96.2 Å². The van der Waals surface area contributed by atoms with Gasteiger partial charge in [0.2, 0.25) is 5.91 Å². The first-order valence-electron chi connectivity index (χ1n) is 9.44. The van der Waals surface area contributed by atoms with Crippen LogP contribution in [0.25, 0.3) is 0 Å². The lowest BCUT2D eigenvalue weighted by Gasteiger charge is -2.15. The average Bonchev–Trinajstić information content (AvgIpc) is 3.22. The number of carbonyl (C=O) groups is 2. The predicted molar refractivity (Wildman–Crippen MR) is 98.9 cm³/mol. The average molecular weight is 368 g/mol. The van der Waals surface area contributed by atoms with Gasteiger partial charge in [0.15, 0.2) is 0 Å². The fourth-order valence-electron chi connectivity index (χ4n) is 3.52. The van der Waals surface area contributed by atoms with Crippen molar-refractivity contribution in [2.75, 3.05) is 0 Å². The van der Waals surface area contributed by atoms with Crippen molar-refractivity contribution in [3.05, 3.63) is 53.9 Å². The molecule has 142 valence electrons. The summed E-state index contributed by atoms with van der Waals surface area (Å²) in [4.78, 5) is 24.7. The zero-order valence-corrected chi connectivity index (χ0v) is 15.0. The van der Waals surface area contributed by atoms with Gasteiger partial charge in [-0.2, -0.15) is 5.10 Å². The Morgan fingerprint density at radius 3 is 2.67 bits per heavy atom. The number of aliphatic hydroxyl groups excluding tert-OH is 1.